The van der Waals surface area contributed by atoms with E-state index in [2.05, 4.69) is 36.1 Å². The number of benzene rings is 2. The number of hydrogen-bond donors (Lipinski definition) is 2. The minimum atomic E-state index is -0.318. The first kappa shape index (κ1) is 18.2. The number of hydrogen-bond acceptors (Lipinski definition) is 3. The van der Waals surface area contributed by atoms with E-state index >= 15 is 0 Å². The predicted molar refractivity (Wildman–Crippen MR) is 102 cm³/mol. The molecule has 3 rings (SSSR count). The van der Waals surface area contributed by atoms with Gasteiger partial charge >= 0.3 is 0 Å². The number of rotatable bonds is 6. The van der Waals surface area contributed by atoms with Crippen molar-refractivity contribution in [2.75, 3.05) is 43.4 Å². The van der Waals surface area contributed by atoms with E-state index in [0.717, 1.165) is 32.7 Å². The zero-order valence-electron chi connectivity index (χ0n) is 14.6. The van der Waals surface area contributed by atoms with E-state index in [1.54, 1.807) is 17.8 Å². The first-order valence-electron chi connectivity index (χ1n) is 8.82. The van der Waals surface area contributed by atoms with E-state index in [1.807, 2.05) is 12.1 Å². The van der Waals surface area contributed by atoms with Crippen molar-refractivity contribution in [3.8, 4) is 0 Å². The van der Waals surface area contributed by atoms with Gasteiger partial charge in [-0.1, -0.05) is 29.8 Å². The number of nitrogens with one attached hydrogen (secondary N) is 1. The Bertz CT molecular complexity index is 672. The van der Waals surface area contributed by atoms with Gasteiger partial charge in [-0.3, -0.25) is 0 Å². The van der Waals surface area contributed by atoms with Gasteiger partial charge in [-0.25, -0.2) is 4.39 Å². The average Bonchev–Trinajstić information content (AvgIpc) is 2.62. The van der Waals surface area contributed by atoms with E-state index < -0.39 is 0 Å². The monoisotopic (exact) mass is 361 g/mol. The Morgan fingerprint density at radius 2 is 1.80 bits per heavy atom. The molecule has 0 bridgehead atoms. The average molecular weight is 362 g/mol. The first-order valence-corrected chi connectivity index (χ1v) is 9.81. The van der Waals surface area contributed by atoms with Crippen molar-refractivity contribution in [3.05, 3.63) is 59.9 Å². The molecule has 3 nitrogen and oxygen atoms in total. The van der Waals surface area contributed by atoms with Crippen molar-refractivity contribution in [2.24, 2.45) is 0 Å². The lowest BCUT2D eigenvalue weighted by atomic mass is 10.2. The molecule has 25 heavy (non-hydrogen) atoms. The zero-order chi connectivity index (χ0) is 17.6. The maximum absolute atomic E-state index is 13.9. The minimum Gasteiger partial charge on any atom is -0.386 e. The number of anilines is 1. The second kappa shape index (κ2) is 8.70. The molecule has 0 saturated carbocycles. The molecule has 2 aromatic rings. The Morgan fingerprint density at radius 3 is 2.48 bits per heavy atom. The molecule has 1 saturated heterocycles. The lowest BCUT2D eigenvalue weighted by Gasteiger charge is -2.34. The Kier molecular flexibility index (Phi) is 6.34. The van der Waals surface area contributed by atoms with E-state index in [0.29, 0.717) is 11.4 Å². The van der Waals surface area contributed by atoms with Crippen LogP contribution in [0.25, 0.3) is 0 Å². The highest BCUT2D eigenvalue weighted by molar-refractivity contribution is 7.99. The van der Waals surface area contributed by atoms with Gasteiger partial charge in [0.05, 0.1) is 31.9 Å². The minimum absolute atomic E-state index is 0.152. The molecule has 1 heterocycles. The summed E-state index contributed by atoms with van der Waals surface area (Å²) in [6.07, 6.45) is -0.318. The van der Waals surface area contributed by atoms with Crippen LogP contribution in [0.5, 0.6) is 0 Å². The summed E-state index contributed by atoms with van der Waals surface area (Å²) in [4.78, 5) is 4.69. The van der Waals surface area contributed by atoms with Crippen molar-refractivity contribution in [2.45, 2.75) is 17.9 Å². The lowest BCUT2D eigenvalue weighted by molar-refractivity contribution is -0.903. The molecule has 2 N–H and O–H groups in total. The normalized spacial score (nSPS) is 16.8. The van der Waals surface area contributed by atoms with Crippen LogP contribution in [0.3, 0.4) is 0 Å². The second-order valence-corrected chi connectivity index (χ2v) is 7.76. The summed E-state index contributed by atoms with van der Waals surface area (Å²) >= 11 is 1.70. The summed E-state index contributed by atoms with van der Waals surface area (Å²) < 4.78 is 13.9. The number of quaternary nitrogens is 1. The standard InChI is InChI=1S/C20H25FN2OS/c1-16-6-8-18(9-7-16)25-15-17(24)14-22-10-12-23(13-11-22)20-5-3-2-4-19(20)21/h2-9,17,24H,10-15H2,1H3/p+1/t17-/m0/s1. The van der Waals surface area contributed by atoms with Gasteiger partial charge in [0.15, 0.2) is 0 Å². The van der Waals surface area contributed by atoms with E-state index in [1.165, 1.54) is 21.4 Å². The van der Waals surface area contributed by atoms with Gasteiger partial charge in [0, 0.05) is 10.6 Å². The van der Waals surface area contributed by atoms with Crippen LogP contribution in [0.2, 0.25) is 0 Å². The SMILES string of the molecule is Cc1ccc(SC[C@@H](O)C[NH+]2CCN(c3ccccc3F)CC2)cc1. The van der Waals surface area contributed by atoms with Gasteiger partial charge in [-0.15, -0.1) is 11.8 Å². The Labute approximate surface area is 153 Å². The molecule has 0 unspecified atom stereocenters. The molecule has 0 radical (unpaired) electrons. The molecule has 1 aliphatic heterocycles. The number of para-hydroxylation sites is 1. The summed E-state index contributed by atoms with van der Waals surface area (Å²) in [6, 6.07) is 15.4. The lowest BCUT2D eigenvalue weighted by Crippen LogP contribution is -3.16. The van der Waals surface area contributed by atoms with Crippen LogP contribution in [0.4, 0.5) is 10.1 Å². The van der Waals surface area contributed by atoms with Crippen molar-refractivity contribution in [1.82, 2.24) is 0 Å². The number of nitrogens with zero attached hydrogens (tertiary/aromatic N) is 1. The quantitative estimate of drug-likeness (QED) is 0.771. The molecule has 2 aromatic carbocycles. The van der Waals surface area contributed by atoms with Gasteiger partial charge in [0.2, 0.25) is 0 Å². The summed E-state index contributed by atoms with van der Waals surface area (Å²) in [5, 5.41) is 10.3. The molecule has 0 aromatic heterocycles. The van der Waals surface area contributed by atoms with Gasteiger partial charge in [-0.05, 0) is 31.2 Å². The molecule has 0 spiro atoms. The summed E-state index contributed by atoms with van der Waals surface area (Å²) in [7, 11) is 0. The Morgan fingerprint density at radius 1 is 1.12 bits per heavy atom. The van der Waals surface area contributed by atoms with Crippen LogP contribution in [0.15, 0.2) is 53.4 Å². The van der Waals surface area contributed by atoms with Crippen molar-refractivity contribution >= 4 is 17.4 Å². The summed E-state index contributed by atoms with van der Waals surface area (Å²) in [5.41, 5.74) is 1.94. The maximum atomic E-state index is 13.9. The fourth-order valence-electron chi connectivity index (χ4n) is 3.20. The highest BCUT2D eigenvalue weighted by Crippen LogP contribution is 2.19. The third-order valence-corrected chi connectivity index (χ3v) is 5.81. The first-order chi connectivity index (χ1) is 12.1. The third-order valence-electron chi connectivity index (χ3n) is 4.65. The number of thioether (sulfide) groups is 1. The second-order valence-electron chi connectivity index (χ2n) is 6.67. The molecular formula is C20H26FN2OS+. The number of piperazine rings is 1. The summed E-state index contributed by atoms with van der Waals surface area (Å²) in [6.45, 7) is 6.35. The number of aryl methyl sites for hydroxylation is 1. The van der Waals surface area contributed by atoms with Gasteiger partial charge in [0.25, 0.3) is 0 Å². The van der Waals surface area contributed by atoms with Gasteiger partial charge < -0.3 is 14.9 Å². The summed E-state index contributed by atoms with van der Waals surface area (Å²) in [5.74, 6) is 0.560. The molecule has 134 valence electrons. The topological polar surface area (TPSA) is 27.9 Å². The molecule has 0 amide bonds. The highest BCUT2D eigenvalue weighted by Gasteiger charge is 2.23. The third kappa shape index (κ3) is 5.21. The highest BCUT2D eigenvalue weighted by atomic mass is 32.2. The molecule has 0 aliphatic carbocycles. The molecule has 5 heteroatoms. The number of aliphatic hydroxyl groups is 1. The zero-order valence-corrected chi connectivity index (χ0v) is 15.4. The maximum Gasteiger partial charge on any atom is 0.146 e. The van der Waals surface area contributed by atoms with Crippen LogP contribution in [0.1, 0.15) is 5.56 Å². The molecule has 1 fully saturated rings. The van der Waals surface area contributed by atoms with Gasteiger partial charge in [0.1, 0.15) is 18.5 Å². The van der Waals surface area contributed by atoms with Crippen molar-refractivity contribution < 1.29 is 14.4 Å². The fourth-order valence-corrected chi connectivity index (χ4v) is 4.03. The van der Waals surface area contributed by atoms with Crippen molar-refractivity contribution in [1.29, 1.82) is 0 Å². The smallest absolute Gasteiger partial charge is 0.146 e. The Hall–Kier alpha value is -1.56. The fraction of sp³-hybridized carbons (Fsp3) is 0.400. The van der Waals surface area contributed by atoms with Crippen LogP contribution >= 0.6 is 11.8 Å². The van der Waals surface area contributed by atoms with Crippen LogP contribution < -0.4 is 9.80 Å². The van der Waals surface area contributed by atoms with E-state index in [4.69, 9.17) is 0 Å². The van der Waals surface area contributed by atoms with E-state index in [-0.39, 0.29) is 11.9 Å². The largest absolute Gasteiger partial charge is 0.386 e. The number of aliphatic hydroxyl groups excluding tert-OH is 1. The van der Waals surface area contributed by atoms with E-state index in [9.17, 15) is 9.50 Å². The predicted octanol–water partition coefficient (Wildman–Crippen LogP) is 1.99. The van der Waals surface area contributed by atoms with Gasteiger partial charge in [-0.2, -0.15) is 0 Å². The van der Waals surface area contributed by atoms with Crippen molar-refractivity contribution in [3.63, 3.8) is 0 Å². The molecular weight excluding hydrogens is 335 g/mol. The van der Waals surface area contributed by atoms with Crippen LogP contribution in [0, 0.1) is 12.7 Å². The Balaban J connectivity index is 1.42. The van der Waals surface area contributed by atoms with Crippen LogP contribution in [-0.4, -0.2) is 49.7 Å². The number of halogens is 1. The molecule has 1 atom stereocenters. The van der Waals surface area contributed by atoms with Crippen LogP contribution in [-0.2, 0) is 0 Å². The molecule has 1 aliphatic rings.